The molecule has 0 spiro atoms. The molecule has 1 aromatic rings. The minimum Gasteiger partial charge on any atom is -0.369 e. The van der Waals surface area contributed by atoms with Crippen molar-refractivity contribution < 1.29 is 4.79 Å². The summed E-state index contributed by atoms with van der Waals surface area (Å²) in [5, 5.41) is 6.87. The van der Waals surface area contributed by atoms with Gasteiger partial charge in [-0.3, -0.25) is 4.79 Å². The van der Waals surface area contributed by atoms with Crippen LogP contribution in [0.15, 0.2) is 23.3 Å². The van der Waals surface area contributed by atoms with Crippen LogP contribution in [0.2, 0.25) is 0 Å². The van der Waals surface area contributed by atoms with E-state index in [1.165, 1.54) is 12.8 Å². The second-order valence-electron chi connectivity index (χ2n) is 8.74. The van der Waals surface area contributed by atoms with Crippen molar-refractivity contribution in [3.63, 3.8) is 0 Å². The van der Waals surface area contributed by atoms with Crippen LogP contribution >= 0.6 is 0 Å². The number of primary amides is 1. The van der Waals surface area contributed by atoms with Crippen LogP contribution in [-0.2, 0) is 11.3 Å². The molecule has 0 radical (unpaired) electrons. The number of carbonyl (C=O) groups is 1. The van der Waals surface area contributed by atoms with Crippen LogP contribution in [0.1, 0.15) is 65.4 Å². The van der Waals surface area contributed by atoms with Crippen molar-refractivity contribution in [2.75, 3.05) is 24.5 Å². The van der Waals surface area contributed by atoms with Gasteiger partial charge in [0, 0.05) is 37.4 Å². The Labute approximate surface area is 181 Å². The highest BCUT2D eigenvalue weighted by Crippen LogP contribution is 2.25. The molecule has 4 N–H and O–H groups in total. The van der Waals surface area contributed by atoms with E-state index in [4.69, 9.17) is 10.7 Å². The highest BCUT2D eigenvalue weighted by molar-refractivity contribution is 5.80. The molecule has 0 saturated carbocycles. The summed E-state index contributed by atoms with van der Waals surface area (Å²) in [4.78, 5) is 23.2. The quantitative estimate of drug-likeness (QED) is 0.402. The van der Waals surface area contributed by atoms with Crippen molar-refractivity contribution in [2.24, 2.45) is 22.6 Å². The molecule has 1 amide bonds. The maximum Gasteiger partial charge on any atom is 0.222 e. The minimum atomic E-state index is -0.222. The molecule has 1 saturated heterocycles. The van der Waals surface area contributed by atoms with Crippen LogP contribution in [0, 0.1) is 11.8 Å². The van der Waals surface area contributed by atoms with E-state index in [1.54, 1.807) is 6.20 Å². The SMILES string of the molecule is CCNC(=NCc1cccnc1N1CCCC(C(N)=O)C1)NC(C)CCCC(C)C. The Morgan fingerprint density at radius 2 is 2.17 bits per heavy atom. The van der Waals surface area contributed by atoms with Gasteiger partial charge in [0.05, 0.1) is 12.5 Å². The van der Waals surface area contributed by atoms with E-state index in [0.717, 1.165) is 55.6 Å². The number of guanidine groups is 1. The third-order valence-electron chi connectivity index (χ3n) is 5.54. The van der Waals surface area contributed by atoms with Crippen molar-refractivity contribution >= 4 is 17.7 Å². The van der Waals surface area contributed by atoms with Gasteiger partial charge in [-0.1, -0.05) is 32.8 Å². The van der Waals surface area contributed by atoms with Crippen molar-refractivity contribution in [1.29, 1.82) is 0 Å². The molecule has 1 aliphatic rings. The van der Waals surface area contributed by atoms with Gasteiger partial charge in [0.2, 0.25) is 5.91 Å². The third kappa shape index (κ3) is 7.84. The number of piperidine rings is 1. The lowest BCUT2D eigenvalue weighted by Gasteiger charge is -2.33. The average Bonchev–Trinajstić information content (AvgIpc) is 2.72. The number of aromatic nitrogens is 1. The Kier molecular flexibility index (Phi) is 9.91. The van der Waals surface area contributed by atoms with Gasteiger partial charge >= 0.3 is 0 Å². The van der Waals surface area contributed by atoms with Gasteiger partial charge in [0.25, 0.3) is 0 Å². The summed E-state index contributed by atoms with van der Waals surface area (Å²) in [6, 6.07) is 4.38. The molecule has 0 aromatic carbocycles. The molecule has 0 bridgehead atoms. The van der Waals surface area contributed by atoms with Crippen LogP contribution in [0.25, 0.3) is 0 Å². The van der Waals surface area contributed by atoms with Crippen LogP contribution in [0.3, 0.4) is 0 Å². The van der Waals surface area contributed by atoms with E-state index in [-0.39, 0.29) is 11.8 Å². The van der Waals surface area contributed by atoms with Crippen molar-refractivity contribution in [1.82, 2.24) is 15.6 Å². The molecule has 2 heterocycles. The lowest BCUT2D eigenvalue weighted by Crippen LogP contribution is -2.42. The summed E-state index contributed by atoms with van der Waals surface area (Å²) in [6.45, 7) is 11.7. The molecule has 2 atom stereocenters. The molecule has 2 rings (SSSR count). The summed E-state index contributed by atoms with van der Waals surface area (Å²) in [7, 11) is 0. The van der Waals surface area contributed by atoms with E-state index in [1.807, 2.05) is 6.07 Å². The standard InChI is InChI=1S/C23H40N6O/c1-5-25-23(28-18(4)10-6-9-17(2)3)27-15-19-11-7-13-26-22(19)29-14-8-12-20(16-29)21(24)30/h7,11,13,17-18,20H,5-6,8-10,12,14-16H2,1-4H3,(H2,24,30)(H2,25,27,28). The maximum atomic E-state index is 11.7. The molecular weight excluding hydrogens is 376 g/mol. The second-order valence-corrected chi connectivity index (χ2v) is 8.74. The average molecular weight is 417 g/mol. The summed E-state index contributed by atoms with van der Waals surface area (Å²) in [5.41, 5.74) is 6.61. The number of nitrogens with two attached hydrogens (primary N) is 1. The van der Waals surface area contributed by atoms with Gasteiger partial charge in [0.15, 0.2) is 5.96 Å². The zero-order chi connectivity index (χ0) is 21.9. The van der Waals surface area contributed by atoms with Gasteiger partial charge in [-0.15, -0.1) is 0 Å². The number of hydrogen-bond donors (Lipinski definition) is 3. The monoisotopic (exact) mass is 416 g/mol. The summed E-state index contributed by atoms with van der Waals surface area (Å²) < 4.78 is 0. The minimum absolute atomic E-state index is 0.109. The van der Waals surface area contributed by atoms with E-state index in [2.05, 4.69) is 54.3 Å². The predicted octanol–water partition coefficient (Wildman–Crippen LogP) is 3.05. The van der Waals surface area contributed by atoms with E-state index in [0.29, 0.717) is 19.1 Å². The number of hydrogen-bond acceptors (Lipinski definition) is 4. The highest BCUT2D eigenvalue weighted by atomic mass is 16.1. The topological polar surface area (TPSA) is 95.6 Å². The molecule has 1 aromatic heterocycles. The van der Waals surface area contributed by atoms with Gasteiger partial charge in [-0.2, -0.15) is 0 Å². The number of amides is 1. The van der Waals surface area contributed by atoms with Gasteiger partial charge in [-0.25, -0.2) is 9.98 Å². The van der Waals surface area contributed by atoms with Gasteiger partial charge in [0.1, 0.15) is 5.82 Å². The van der Waals surface area contributed by atoms with Crippen molar-refractivity contribution in [3.05, 3.63) is 23.9 Å². The second kappa shape index (κ2) is 12.4. The maximum absolute atomic E-state index is 11.7. The smallest absolute Gasteiger partial charge is 0.222 e. The van der Waals surface area contributed by atoms with Gasteiger partial charge < -0.3 is 21.3 Å². The zero-order valence-corrected chi connectivity index (χ0v) is 19.2. The molecule has 30 heavy (non-hydrogen) atoms. The number of nitrogens with one attached hydrogen (secondary N) is 2. The Morgan fingerprint density at radius 1 is 1.37 bits per heavy atom. The lowest BCUT2D eigenvalue weighted by atomic mass is 9.97. The summed E-state index contributed by atoms with van der Waals surface area (Å²) in [5.74, 6) is 2.15. The van der Waals surface area contributed by atoms with E-state index < -0.39 is 0 Å². The molecule has 7 heteroatoms. The summed E-state index contributed by atoms with van der Waals surface area (Å²) >= 11 is 0. The third-order valence-corrected chi connectivity index (χ3v) is 5.54. The van der Waals surface area contributed by atoms with Crippen LogP contribution < -0.4 is 21.3 Å². The van der Waals surface area contributed by atoms with Gasteiger partial charge in [-0.05, 0) is 45.1 Å². The lowest BCUT2D eigenvalue weighted by molar-refractivity contribution is -0.122. The first-order valence-electron chi connectivity index (χ1n) is 11.4. The highest BCUT2D eigenvalue weighted by Gasteiger charge is 2.25. The Morgan fingerprint density at radius 3 is 2.87 bits per heavy atom. The largest absolute Gasteiger partial charge is 0.369 e. The summed E-state index contributed by atoms with van der Waals surface area (Å²) in [6.07, 6.45) is 7.20. The molecule has 0 aliphatic carbocycles. The fourth-order valence-electron chi connectivity index (χ4n) is 3.86. The first kappa shape index (κ1) is 24.0. The molecule has 7 nitrogen and oxygen atoms in total. The molecule has 2 unspecified atom stereocenters. The van der Waals surface area contributed by atoms with Crippen molar-refractivity contribution in [2.45, 2.75) is 72.4 Å². The number of aliphatic imine (C=N–C) groups is 1. The first-order chi connectivity index (χ1) is 14.4. The van der Waals surface area contributed by atoms with Crippen LogP contribution in [0.5, 0.6) is 0 Å². The normalized spacial score (nSPS) is 18.4. The fraction of sp³-hybridized carbons (Fsp3) is 0.696. The first-order valence-corrected chi connectivity index (χ1v) is 11.4. The predicted molar refractivity (Wildman–Crippen MR) is 124 cm³/mol. The molecule has 1 aliphatic heterocycles. The Balaban J connectivity index is 2.04. The van der Waals surface area contributed by atoms with Crippen LogP contribution in [-0.4, -0.2) is 42.5 Å². The number of rotatable bonds is 10. The van der Waals surface area contributed by atoms with Crippen LogP contribution in [0.4, 0.5) is 5.82 Å². The van der Waals surface area contributed by atoms with E-state index >= 15 is 0 Å². The number of carbonyl (C=O) groups excluding carboxylic acids is 1. The number of pyridine rings is 1. The number of nitrogens with zero attached hydrogens (tertiary/aromatic N) is 3. The molecule has 168 valence electrons. The van der Waals surface area contributed by atoms with E-state index in [9.17, 15) is 4.79 Å². The fourth-order valence-corrected chi connectivity index (χ4v) is 3.86. The Bertz CT molecular complexity index is 690. The molecule has 1 fully saturated rings. The zero-order valence-electron chi connectivity index (χ0n) is 19.2. The number of anilines is 1. The van der Waals surface area contributed by atoms with Crippen molar-refractivity contribution in [3.8, 4) is 0 Å². The Hall–Kier alpha value is -2.31. The molecular formula is C23H40N6O.